The standard InChI is InChI=1S/C17H19F6NO/c1-15(2,24-14(25)10-5-3-4-6-10)11-7-12(16(18,19)20)9-13(8-11)17(21,22)23/h7-10H,3-6H2,1-2H3,(H,24,25). The van der Waals surface area contributed by atoms with Crippen LogP contribution in [0.3, 0.4) is 0 Å². The Labute approximate surface area is 141 Å². The van der Waals surface area contributed by atoms with Gasteiger partial charge in [-0.1, -0.05) is 12.8 Å². The maximum atomic E-state index is 13.0. The highest BCUT2D eigenvalue weighted by molar-refractivity contribution is 5.79. The fraction of sp³-hybridized carbons (Fsp3) is 0.588. The summed E-state index contributed by atoms with van der Waals surface area (Å²) in [6, 6.07) is 1.40. The van der Waals surface area contributed by atoms with Gasteiger partial charge in [0.2, 0.25) is 5.91 Å². The van der Waals surface area contributed by atoms with Gasteiger partial charge in [0.1, 0.15) is 0 Å². The molecular weight excluding hydrogens is 348 g/mol. The number of benzene rings is 1. The van der Waals surface area contributed by atoms with Gasteiger partial charge in [-0.05, 0) is 50.5 Å². The van der Waals surface area contributed by atoms with Crippen LogP contribution in [-0.2, 0) is 22.7 Å². The summed E-state index contributed by atoms with van der Waals surface area (Å²) in [5.74, 6) is -0.583. The Kier molecular flexibility index (Phi) is 5.12. The van der Waals surface area contributed by atoms with E-state index >= 15 is 0 Å². The van der Waals surface area contributed by atoms with Gasteiger partial charge in [0.05, 0.1) is 16.7 Å². The van der Waals surface area contributed by atoms with Crippen molar-refractivity contribution < 1.29 is 31.1 Å². The van der Waals surface area contributed by atoms with Gasteiger partial charge in [0, 0.05) is 5.92 Å². The van der Waals surface area contributed by atoms with Crippen molar-refractivity contribution in [1.82, 2.24) is 5.32 Å². The van der Waals surface area contributed by atoms with Gasteiger partial charge in [0.25, 0.3) is 0 Å². The maximum Gasteiger partial charge on any atom is 0.416 e. The van der Waals surface area contributed by atoms with E-state index in [2.05, 4.69) is 5.32 Å². The summed E-state index contributed by atoms with van der Waals surface area (Å²) in [7, 11) is 0. The van der Waals surface area contributed by atoms with E-state index in [1.807, 2.05) is 0 Å². The third-order valence-corrected chi connectivity index (χ3v) is 4.47. The zero-order valence-corrected chi connectivity index (χ0v) is 13.8. The van der Waals surface area contributed by atoms with E-state index in [1.54, 1.807) is 0 Å². The summed E-state index contributed by atoms with van der Waals surface area (Å²) in [6.07, 6.45) is -6.69. The molecule has 0 heterocycles. The predicted molar refractivity (Wildman–Crippen MR) is 79.6 cm³/mol. The van der Waals surface area contributed by atoms with Crippen molar-refractivity contribution in [3.05, 3.63) is 34.9 Å². The molecule has 1 fully saturated rings. The number of carbonyl (C=O) groups excluding carboxylic acids is 1. The van der Waals surface area contributed by atoms with Crippen molar-refractivity contribution in [3.63, 3.8) is 0 Å². The summed E-state index contributed by atoms with van der Waals surface area (Å²) in [5, 5.41) is 2.60. The quantitative estimate of drug-likeness (QED) is 0.725. The topological polar surface area (TPSA) is 29.1 Å². The summed E-state index contributed by atoms with van der Waals surface area (Å²) in [6.45, 7) is 2.80. The number of rotatable bonds is 3. The summed E-state index contributed by atoms with van der Waals surface area (Å²) >= 11 is 0. The van der Waals surface area contributed by atoms with Crippen LogP contribution < -0.4 is 5.32 Å². The molecule has 25 heavy (non-hydrogen) atoms. The molecule has 140 valence electrons. The third-order valence-electron chi connectivity index (χ3n) is 4.47. The average molecular weight is 367 g/mol. The number of carbonyl (C=O) groups is 1. The lowest BCUT2D eigenvalue weighted by atomic mass is 9.89. The summed E-state index contributed by atoms with van der Waals surface area (Å²) in [5.41, 5.74) is -4.37. The third kappa shape index (κ3) is 4.67. The van der Waals surface area contributed by atoms with Crippen LogP contribution in [0.1, 0.15) is 56.2 Å². The average Bonchev–Trinajstić information content (AvgIpc) is 2.98. The van der Waals surface area contributed by atoms with E-state index < -0.39 is 29.0 Å². The Morgan fingerprint density at radius 3 is 1.68 bits per heavy atom. The Morgan fingerprint density at radius 2 is 1.28 bits per heavy atom. The van der Waals surface area contributed by atoms with Crippen LogP contribution in [0.2, 0.25) is 0 Å². The van der Waals surface area contributed by atoms with E-state index in [-0.39, 0.29) is 23.5 Å². The number of alkyl halides is 6. The number of amides is 1. The molecule has 8 heteroatoms. The fourth-order valence-electron chi connectivity index (χ4n) is 2.99. The van der Waals surface area contributed by atoms with Crippen LogP contribution in [0.4, 0.5) is 26.3 Å². The van der Waals surface area contributed by atoms with Crippen molar-refractivity contribution in [2.24, 2.45) is 5.92 Å². The molecule has 2 rings (SSSR count). The number of hydrogen-bond acceptors (Lipinski definition) is 1. The number of halogens is 6. The molecule has 0 unspecified atom stereocenters. The summed E-state index contributed by atoms with van der Waals surface area (Å²) in [4.78, 5) is 12.2. The Bertz CT molecular complexity index is 609. The molecular formula is C17H19F6NO. The first-order valence-electron chi connectivity index (χ1n) is 7.93. The molecule has 1 aliphatic carbocycles. The van der Waals surface area contributed by atoms with Crippen LogP contribution in [-0.4, -0.2) is 5.91 Å². The minimum Gasteiger partial charge on any atom is -0.347 e. The molecule has 0 radical (unpaired) electrons. The van der Waals surface area contributed by atoms with E-state index in [1.165, 1.54) is 13.8 Å². The molecule has 1 N–H and O–H groups in total. The first-order valence-corrected chi connectivity index (χ1v) is 7.93. The van der Waals surface area contributed by atoms with Crippen LogP contribution in [0.25, 0.3) is 0 Å². The molecule has 1 aromatic rings. The fourth-order valence-corrected chi connectivity index (χ4v) is 2.99. The van der Waals surface area contributed by atoms with E-state index in [4.69, 9.17) is 0 Å². The lowest BCUT2D eigenvalue weighted by Crippen LogP contribution is -2.43. The lowest BCUT2D eigenvalue weighted by Gasteiger charge is -2.30. The molecule has 2 nitrogen and oxygen atoms in total. The van der Waals surface area contributed by atoms with Crippen molar-refractivity contribution >= 4 is 5.91 Å². The van der Waals surface area contributed by atoms with Crippen LogP contribution in [0, 0.1) is 5.92 Å². The highest BCUT2D eigenvalue weighted by Crippen LogP contribution is 2.38. The maximum absolute atomic E-state index is 13.0. The van der Waals surface area contributed by atoms with Crippen LogP contribution in [0.15, 0.2) is 18.2 Å². The zero-order valence-electron chi connectivity index (χ0n) is 13.8. The molecule has 1 aromatic carbocycles. The van der Waals surface area contributed by atoms with Crippen molar-refractivity contribution in [3.8, 4) is 0 Å². The SMILES string of the molecule is CC(C)(NC(=O)C1CCCC1)c1cc(C(F)(F)F)cc(C(F)(F)F)c1. The van der Waals surface area contributed by atoms with Crippen LogP contribution in [0.5, 0.6) is 0 Å². The second kappa shape index (κ2) is 6.53. The van der Waals surface area contributed by atoms with Gasteiger partial charge in [-0.2, -0.15) is 26.3 Å². The minimum absolute atomic E-state index is 0.0817. The van der Waals surface area contributed by atoms with Gasteiger partial charge >= 0.3 is 12.4 Å². The number of nitrogens with one attached hydrogen (secondary N) is 1. The van der Waals surface area contributed by atoms with E-state index in [0.717, 1.165) is 12.8 Å². The number of hydrogen-bond donors (Lipinski definition) is 1. The Morgan fingerprint density at radius 1 is 0.880 bits per heavy atom. The second-order valence-electron chi connectivity index (χ2n) is 6.89. The van der Waals surface area contributed by atoms with E-state index in [0.29, 0.717) is 25.0 Å². The molecule has 0 saturated heterocycles. The van der Waals surface area contributed by atoms with Crippen molar-refractivity contribution in [2.45, 2.75) is 57.4 Å². The Balaban J connectivity index is 2.39. The van der Waals surface area contributed by atoms with Gasteiger partial charge in [-0.15, -0.1) is 0 Å². The first-order chi connectivity index (χ1) is 11.3. The van der Waals surface area contributed by atoms with Gasteiger partial charge in [-0.3, -0.25) is 4.79 Å². The molecule has 1 saturated carbocycles. The van der Waals surface area contributed by atoms with Gasteiger partial charge < -0.3 is 5.32 Å². The van der Waals surface area contributed by atoms with Gasteiger partial charge in [-0.25, -0.2) is 0 Å². The van der Waals surface area contributed by atoms with Gasteiger partial charge in [0.15, 0.2) is 0 Å². The molecule has 0 bridgehead atoms. The predicted octanol–water partition coefficient (Wildman–Crippen LogP) is 5.27. The van der Waals surface area contributed by atoms with Crippen molar-refractivity contribution in [2.75, 3.05) is 0 Å². The summed E-state index contributed by atoms with van der Waals surface area (Å²) < 4.78 is 77.9. The molecule has 1 aliphatic rings. The molecule has 0 aliphatic heterocycles. The normalized spacial score (nSPS) is 17.0. The van der Waals surface area contributed by atoms with Crippen molar-refractivity contribution in [1.29, 1.82) is 0 Å². The van der Waals surface area contributed by atoms with E-state index in [9.17, 15) is 31.1 Å². The minimum atomic E-state index is -4.92. The zero-order chi connectivity index (χ0) is 19.0. The largest absolute Gasteiger partial charge is 0.416 e. The molecule has 1 amide bonds. The molecule has 0 spiro atoms. The molecule has 0 aromatic heterocycles. The highest BCUT2D eigenvalue weighted by atomic mass is 19.4. The second-order valence-corrected chi connectivity index (χ2v) is 6.89. The lowest BCUT2D eigenvalue weighted by molar-refractivity contribution is -0.143. The first kappa shape index (κ1) is 19.6. The highest BCUT2D eigenvalue weighted by Gasteiger charge is 2.39. The Hall–Kier alpha value is -1.73. The monoisotopic (exact) mass is 367 g/mol. The smallest absolute Gasteiger partial charge is 0.347 e. The molecule has 0 atom stereocenters. The van der Waals surface area contributed by atoms with Crippen LogP contribution >= 0.6 is 0 Å².